The Balaban J connectivity index is 1.92. The largest absolute Gasteiger partial charge is 0.462 e. The third-order valence-corrected chi connectivity index (χ3v) is 5.26. The van der Waals surface area contributed by atoms with E-state index in [1.165, 1.54) is 44.2 Å². The Hall–Kier alpha value is -0.500. The standard InChI is InChI=1S/C15H18Cl2O5S/c16-12-9-13(17)14(23-22-21-19)8-11(12)15(18)20-7-6-10-4-2-1-3-5-10/h8-10,19H,1-7H2. The van der Waals surface area contributed by atoms with Gasteiger partial charge in [0.25, 0.3) is 0 Å². The minimum Gasteiger partial charge on any atom is -0.462 e. The van der Waals surface area contributed by atoms with E-state index in [1.807, 2.05) is 0 Å². The molecule has 0 aliphatic heterocycles. The van der Waals surface area contributed by atoms with Gasteiger partial charge in [-0.3, -0.25) is 0 Å². The van der Waals surface area contributed by atoms with Crippen LogP contribution in [0.1, 0.15) is 48.9 Å². The number of benzene rings is 1. The van der Waals surface area contributed by atoms with Crippen LogP contribution in [0.15, 0.2) is 17.0 Å². The highest BCUT2D eigenvalue weighted by atomic mass is 35.5. The van der Waals surface area contributed by atoms with Crippen molar-refractivity contribution in [1.29, 1.82) is 0 Å². The molecule has 1 aliphatic rings. The molecule has 1 saturated carbocycles. The third-order valence-electron chi connectivity index (χ3n) is 3.88. The maximum absolute atomic E-state index is 12.2. The summed E-state index contributed by atoms with van der Waals surface area (Å²) in [5.74, 6) is 0.132. The Morgan fingerprint density at radius 1 is 1.22 bits per heavy atom. The van der Waals surface area contributed by atoms with E-state index in [2.05, 4.69) is 9.37 Å². The van der Waals surface area contributed by atoms with E-state index in [-0.39, 0.29) is 15.6 Å². The van der Waals surface area contributed by atoms with Crippen molar-refractivity contribution < 1.29 is 24.2 Å². The van der Waals surface area contributed by atoms with Gasteiger partial charge in [-0.15, -0.1) is 4.33 Å². The van der Waals surface area contributed by atoms with E-state index in [0.717, 1.165) is 6.42 Å². The molecule has 0 spiro atoms. The van der Waals surface area contributed by atoms with E-state index in [4.69, 9.17) is 33.2 Å². The fourth-order valence-electron chi connectivity index (χ4n) is 2.67. The molecule has 0 radical (unpaired) electrons. The average molecular weight is 381 g/mol. The van der Waals surface area contributed by atoms with Crippen molar-refractivity contribution in [3.8, 4) is 0 Å². The molecule has 8 heteroatoms. The fraction of sp³-hybridized carbons (Fsp3) is 0.533. The Morgan fingerprint density at radius 2 is 1.96 bits per heavy atom. The first-order valence-corrected chi connectivity index (χ1v) is 8.92. The van der Waals surface area contributed by atoms with Gasteiger partial charge in [-0.25, -0.2) is 10.1 Å². The van der Waals surface area contributed by atoms with Crippen LogP contribution in [0.2, 0.25) is 10.0 Å². The molecule has 0 amide bonds. The Kier molecular flexibility index (Phi) is 7.95. The smallest absolute Gasteiger partial charge is 0.339 e. The van der Waals surface area contributed by atoms with Gasteiger partial charge in [-0.1, -0.05) is 60.3 Å². The van der Waals surface area contributed by atoms with Crippen molar-refractivity contribution in [2.75, 3.05) is 6.61 Å². The van der Waals surface area contributed by atoms with Crippen molar-refractivity contribution >= 4 is 41.2 Å². The lowest BCUT2D eigenvalue weighted by Gasteiger charge is -2.21. The van der Waals surface area contributed by atoms with Crippen LogP contribution in [0.3, 0.4) is 0 Å². The number of hydrogen-bond donors (Lipinski definition) is 1. The van der Waals surface area contributed by atoms with Gasteiger partial charge in [0.05, 0.1) is 39.2 Å². The van der Waals surface area contributed by atoms with Crippen LogP contribution in [0.4, 0.5) is 0 Å². The number of carbonyl (C=O) groups excluding carboxylic acids is 1. The molecule has 5 nitrogen and oxygen atoms in total. The quantitative estimate of drug-likeness (QED) is 0.289. The first-order valence-electron chi connectivity index (χ1n) is 7.42. The summed E-state index contributed by atoms with van der Waals surface area (Å²) in [6.07, 6.45) is 7.11. The molecule has 1 N–H and O–H groups in total. The summed E-state index contributed by atoms with van der Waals surface area (Å²) in [5, 5.41) is 12.2. The number of esters is 1. The van der Waals surface area contributed by atoms with Crippen LogP contribution in [-0.2, 0) is 14.1 Å². The summed E-state index contributed by atoms with van der Waals surface area (Å²) in [5.41, 5.74) is 0.198. The second-order valence-corrected chi connectivity index (χ2v) is 6.97. The van der Waals surface area contributed by atoms with Gasteiger partial charge < -0.3 is 4.74 Å². The lowest BCUT2D eigenvalue weighted by Crippen LogP contribution is -2.13. The Bertz CT molecular complexity index is 535. The van der Waals surface area contributed by atoms with Crippen LogP contribution in [0, 0.1) is 5.92 Å². The normalized spacial score (nSPS) is 15.6. The van der Waals surface area contributed by atoms with Crippen LogP contribution < -0.4 is 0 Å². The molecule has 23 heavy (non-hydrogen) atoms. The molecule has 0 atom stereocenters. The topological polar surface area (TPSA) is 65.0 Å². The van der Waals surface area contributed by atoms with Gasteiger partial charge in [-0.2, -0.15) is 0 Å². The SMILES string of the molecule is O=C(OCCC1CCCCC1)c1cc(SOOO)c(Cl)cc1Cl. The maximum Gasteiger partial charge on any atom is 0.339 e. The molecule has 1 aromatic rings. The summed E-state index contributed by atoms with van der Waals surface area (Å²) < 4.78 is 9.64. The van der Waals surface area contributed by atoms with E-state index >= 15 is 0 Å². The summed E-state index contributed by atoms with van der Waals surface area (Å²) in [7, 11) is 0. The van der Waals surface area contributed by atoms with Gasteiger partial charge in [0, 0.05) is 0 Å². The zero-order valence-electron chi connectivity index (χ0n) is 12.4. The van der Waals surface area contributed by atoms with Gasteiger partial charge in [-0.05, 0) is 24.5 Å². The number of carbonyl (C=O) groups is 1. The second-order valence-electron chi connectivity index (χ2n) is 5.42. The lowest BCUT2D eigenvalue weighted by atomic mass is 9.87. The maximum atomic E-state index is 12.2. The molecular weight excluding hydrogens is 363 g/mol. The van der Waals surface area contributed by atoms with Crippen LogP contribution in [0.25, 0.3) is 0 Å². The van der Waals surface area contributed by atoms with Crippen LogP contribution in [-0.4, -0.2) is 17.8 Å². The predicted molar refractivity (Wildman–Crippen MR) is 88.6 cm³/mol. The minimum absolute atomic E-state index is 0.198. The van der Waals surface area contributed by atoms with Crippen molar-refractivity contribution in [3.05, 3.63) is 27.7 Å². The Labute approximate surface area is 149 Å². The summed E-state index contributed by atoms with van der Waals surface area (Å²) in [6, 6.07) is 2.86. The van der Waals surface area contributed by atoms with Gasteiger partial charge >= 0.3 is 5.97 Å². The first-order chi connectivity index (χ1) is 11.1. The number of rotatable bonds is 7. The summed E-state index contributed by atoms with van der Waals surface area (Å²) in [6.45, 7) is 0.376. The molecule has 0 heterocycles. The number of hydrogen-bond acceptors (Lipinski definition) is 6. The van der Waals surface area contributed by atoms with E-state index in [1.54, 1.807) is 0 Å². The minimum atomic E-state index is -0.505. The van der Waals surface area contributed by atoms with Crippen LogP contribution in [0.5, 0.6) is 0 Å². The molecule has 1 aliphatic carbocycles. The molecule has 0 saturated heterocycles. The molecule has 2 rings (SSSR count). The van der Waals surface area contributed by atoms with E-state index in [9.17, 15) is 4.79 Å². The monoisotopic (exact) mass is 380 g/mol. The first kappa shape index (κ1) is 18.8. The zero-order chi connectivity index (χ0) is 16.7. The van der Waals surface area contributed by atoms with E-state index in [0.29, 0.717) is 29.5 Å². The molecule has 1 fully saturated rings. The van der Waals surface area contributed by atoms with Crippen molar-refractivity contribution in [2.45, 2.75) is 43.4 Å². The number of ether oxygens (including phenoxy) is 1. The molecule has 0 aromatic heterocycles. The lowest BCUT2D eigenvalue weighted by molar-refractivity contribution is -0.432. The van der Waals surface area contributed by atoms with Gasteiger partial charge in [0.2, 0.25) is 0 Å². The highest BCUT2D eigenvalue weighted by molar-refractivity contribution is 7.94. The molecule has 1 aromatic carbocycles. The number of halogens is 2. The Morgan fingerprint density at radius 3 is 2.65 bits per heavy atom. The molecule has 0 bridgehead atoms. The predicted octanol–water partition coefficient (Wildman–Crippen LogP) is 5.55. The van der Waals surface area contributed by atoms with Gasteiger partial charge in [0.1, 0.15) is 0 Å². The highest BCUT2D eigenvalue weighted by Gasteiger charge is 2.18. The third kappa shape index (κ3) is 5.81. The molecule has 128 valence electrons. The summed E-state index contributed by atoms with van der Waals surface area (Å²) in [4.78, 5) is 12.5. The zero-order valence-corrected chi connectivity index (χ0v) is 14.8. The molecule has 0 unspecified atom stereocenters. The fourth-order valence-corrected chi connectivity index (χ4v) is 3.64. The van der Waals surface area contributed by atoms with Crippen molar-refractivity contribution in [1.82, 2.24) is 0 Å². The second kappa shape index (κ2) is 9.71. The average Bonchev–Trinajstić information content (AvgIpc) is 2.55. The van der Waals surface area contributed by atoms with E-state index < -0.39 is 5.97 Å². The van der Waals surface area contributed by atoms with Crippen molar-refractivity contribution in [3.63, 3.8) is 0 Å². The van der Waals surface area contributed by atoms with Crippen molar-refractivity contribution in [2.24, 2.45) is 5.92 Å². The molecular formula is C15H18Cl2O5S. The van der Waals surface area contributed by atoms with Gasteiger partial charge in [0.15, 0.2) is 0 Å². The van der Waals surface area contributed by atoms with Crippen LogP contribution >= 0.6 is 35.2 Å². The highest BCUT2D eigenvalue weighted by Crippen LogP contribution is 2.33. The summed E-state index contributed by atoms with van der Waals surface area (Å²) >= 11 is 12.7.